The van der Waals surface area contributed by atoms with E-state index in [1.54, 1.807) is 30.5 Å². The number of carbonyl (C=O) groups is 2. The summed E-state index contributed by atoms with van der Waals surface area (Å²) in [6.45, 7) is 3.42. The van der Waals surface area contributed by atoms with Crippen molar-refractivity contribution >= 4 is 62.6 Å². The molecule has 0 unspecified atom stereocenters. The van der Waals surface area contributed by atoms with Crippen LogP contribution in [0.1, 0.15) is 33.9 Å². The number of alkyl halides is 4. The second-order valence-electron chi connectivity index (χ2n) is 8.48. The van der Waals surface area contributed by atoms with E-state index in [0.717, 1.165) is 16.7 Å². The lowest BCUT2D eigenvalue weighted by molar-refractivity contribution is -0.140. The van der Waals surface area contributed by atoms with Crippen LogP contribution in [0.15, 0.2) is 46.8 Å². The third-order valence-electron chi connectivity index (χ3n) is 5.80. The minimum Gasteiger partial charge on any atom is -0.462 e. The van der Waals surface area contributed by atoms with Crippen LogP contribution in [0.4, 0.5) is 23.8 Å². The van der Waals surface area contributed by atoms with Crippen LogP contribution >= 0.6 is 33.9 Å². The Bertz CT molecular complexity index is 1670. The number of hydrogen-bond acceptors (Lipinski definition) is 8. The average Bonchev–Trinajstić information content (AvgIpc) is 3.44. The largest absolute Gasteiger partial charge is 0.462 e. The topological polar surface area (TPSA) is 135 Å². The number of aromatic nitrogens is 3. The minimum atomic E-state index is -4.66. The van der Waals surface area contributed by atoms with E-state index in [0.29, 0.717) is 23.2 Å². The van der Waals surface area contributed by atoms with Crippen molar-refractivity contribution in [3.05, 3.63) is 63.5 Å². The van der Waals surface area contributed by atoms with Crippen LogP contribution in [0.2, 0.25) is 0 Å². The molecule has 0 saturated carbocycles. The van der Waals surface area contributed by atoms with E-state index >= 15 is 0 Å². The Kier molecular flexibility index (Phi) is 9.28. The molecule has 4 aromatic rings. The predicted octanol–water partition coefficient (Wildman–Crippen LogP) is 5.45. The van der Waals surface area contributed by atoms with Gasteiger partial charge < -0.3 is 19.7 Å². The van der Waals surface area contributed by atoms with Gasteiger partial charge in [-0.2, -0.15) is 13.2 Å². The number of nitrogens with one attached hydrogen (secondary N) is 2. The number of carbonyl (C=O) groups excluding carboxylic acids is 2. The molecule has 0 bridgehead atoms. The summed E-state index contributed by atoms with van der Waals surface area (Å²) in [5.41, 5.74) is -0.550. The Hall–Kier alpha value is -3.57. The van der Waals surface area contributed by atoms with E-state index in [1.807, 2.05) is 22.6 Å². The third-order valence-corrected chi connectivity index (χ3v) is 7.67. The molecule has 0 saturated heterocycles. The summed E-state index contributed by atoms with van der Waals surface area (Å²) in [6.07, 6.45) is -1.97. The van der Waals surface area contributed by atoms with Crippen molar-refractivity contribution in [2.75, 3.05) is 25.1 Å². The fourth-order valence-electron chi connectivity index (χ4n) is 3.98. The first-order valence-electron chi connectivity index (χ1n) is 12.2. The maximum atomic E-state index is 13.4. The molecule has 216 valence electrons. The first-order valence-corrected chi connectivity index (χ1v) is 14.3. The van der Waals surface area contributed by atoms with Crippen LogP contribution in [-0.4, -0.2) is 51.4 Å². The molecule has 3 aromatic heterocycles. The van der Waals surface area contributed by atoms with Crippen molar-refractivity contribution in [3.8, 4) is 21.7 Å². The van der Waals surface area contributed by atoms with E-state index < -0.39 is 33.3 Å². The minimum absolute atomic E-state index is 0.0130. The van der Waals surface area contributed by atoms with Crippen molar-refractivity contribution in [1.82, 2.24) is 19.9 Å². The first-order chi connectivity index (χ1) is 19.5. The molecule has 3 heterocycles. The number of benzene rings is 1. The quantitative estimate of drug-likeness (QED) is 0.126. The van der Waals surface area contributed by atoms with E-state index in [-0.39, 0.29) is 40.6 Å². The smallest absolute Gasteiger partial charge is 0.434 e. The van der Waals surface area contributed by atoms with Gasteiger partial charge in [0.2, 0.25) is 5.43 Å². The fourth-order valence-corrected chi connectivity index (χ4v) is 5.29. The van der Waals surface area contributed by atoms with E-state index in [2.05, 4.69) is 20.6 Å². The molecule has 41 heavy (non-hydrogen) atoms. The zero-order valence-electron chi connectivity index (χ0n) is 21.6. The number of fused-ring (bicyclic) bond motifs is 1. The second kappa shape index (κ2) is 12.5. The standard InChI is InChI=1S/C26H23F3IN5O5S/c1-3-31-25(39)34-21-8-14(23-33-19(12-41-23)26(27,28)29)16(9-32-21)13-5-6-18-15(7-13)22(37)17(24(38)40-4-2)10-35(18)20(30)11-36/h5-10,12,20,36H,3-4,11H2,1-2H3,(H2,31,32,34,39)/t20-/m1/s1. The summed E-state index contributed by atoms with van der Waals surface area (Å²) < 4.78 is 46.2. The number of thiazole rings is 1. The van der Waals surface area contributed by atoms with Crippen molar-refractivity contribution < 1.29 is 32.6 Å². The van der Waals surface area contributed by atoms with Gasteiger partial charge in [0.1, 0.15) is 20.4 Å². The average molecular weight is 701 g/mol. The number of rotatable bonds is 8. The zero-order chi connectivity index (χ0) is 29.9. The molecule has 0 aliphatic rings. The monoisotopic (exact) mass is 701 g/mol. The van der Waals surface area contributed by atoms with Crippen molar-refractivity contribution in [3.63, 3.8) is 0 Å². The molecule has 2 amide bonds. The fraction of sp³-hybridized carbons (Fsp3) is 0.269. The van der Waals surface area contributed by atoms with E-state index in [4.69, 9.17) is 4.74 Å². The van der Waals surface area contributed by atoms with Gasteiger partial charge >= 0.3 is 18.2 Å². The maximum Gasteiger partial charge on any atom is 0.434 e. The highest BCUT2D eigenvalue weighted by Crippen LogP contribution is 2.39. The van der Waals surface area contributed by atoms with Crippen molar-refractivity contribution in [1.29, 1.82) is 0 Å². The molecule has 0 radical (unpaired) electrons. The summed E-state index contributed by atoms with van der Waals surface area (Å²) in [7, 11) is 0. The van der Waals surface area contributed by atoms with Crippen LogP contribution < -0.4 is 16.1 Å². The maximum absolute atomic E-state index is 13.4. The number of halogens is 4. The number of urea groups is 1. The second-order valence-corrected chi connectivity index (χ2v) is 10.8. The Morgan fingerprint density at radius 2 is 1.98 bits per heavy atom. The van der Waals surface area contributed by atoms with Gasteiger partial charge in [0.05, 0.1) is 18.7 Å². The summed E-state index contributed by atoms with van der Waals surface area (Å²) in [5, 5.41) is 15.9. The highest BCUT2D eigenvalue weighted by molar-refractivity contribution is 14.1. The number of hydrogen-bond donors (Lipinski definition) is 3. The molecular formula is C26H23F3IN5O5S. The van der Waals surface area contributed by atoms with E-state index in [9.17, 15) is 32.7 Å². The lowest BCUT2D eigenvalue weighted by Crippen LogP contribution is -2.28. The van der Waals surface area contributed by atoms with Gasteiger partial charge in [0.15, 0.2) is 5.69 Å². The number of pyridine rings is 2. The van der Waals surface area contributed by atoms with Crippen LogP contribution in [0.5, 0.6) is 0 Å². The molecule has 0 fully saturated rings. The molecule has 10 nitrogen and oxygen atoms in total. The summed E-state index contributed by atoms with van der Waals surface area (Å²) in [6, 6.07) is 5.58. The van der Waals surface area contributed by atoms with E-state index in [1.165, 1.54) is 24.5 Å². The molecule has 0 aliphatic carbocycles. The number of nitrogens with zero attached hydrogens (tertiary/aromatic N) is 3. The summed E-state index contributed by atoms with van der Waals surface area (Å²) in [4.78, 5) is 46.1. The normalized spacial score (nSPS) is 12.3. The van der Waals surface area contributed by atoms with Crippen LogP contribution in [0.25, 0.3) is 32.6 Å². The van der Waals surface area contributed by atoms with Gasteiger partial charge in [-0.15, -0.1) is 11.3 Å². The molecular weight excluding hydrogens is 678 g/mol. The molecule has 0 aliphatic heterocycles. The summed E-state index contributed by atoms with van der Waals surface area (Å²) >= 11 is 2.72. The van der Waals surface area contributed by atoms with Gasteiger partial charge in [0.25, 0.3) is 0 Å². The molecule has 4 rings (SSSR count). The molecule has 15 heteroatoms. The molecule has 3 N–H and O–H groups in total. The van der Waals surface area contributed by atoms with Crippen LogP contribution in [-0.2, 0) is 10.9 Å². The number of aliphatic hydroxyl groups is 1. The van der Waals surface area contributed by atoms with Gasteiger partial charge in [0, 0.05) is 40.8 Å². The predicted molar refractivity (Wildman–Crippen MR) is 156 cm³/mol. The molecule has 0 spiro atoms. The highest BCUT2D eigenvalue weighted by atomic mass is 127. The lowest BCUT2D eigenvalue weighted by atomic mass is 9.99. The lowest BCUT2D eigenvalue weighted by Gasteiger charge is -2.18. The number of amides is 2. The number of ether oxygens (including phenoxy) is 1. The Labute approximate surface area is 248 Å². The molecule has 1 aromatic carbocycles. The Balaban J connectivity index is 1.94. The SMILES string of the molecule is CCNC(=O)Nc1cc(-c2nc(C(F)(F)F)cs2)c(-c2ccc3c(c2)c(=O)c(C(=O)OCC)cn3[C@@H](I)CO)cn1. The van der Waals surface area contributed by atoms with Crippen LogP contribution in [0.3, 0.4) is 0 Å². The number of aliphatic hydroxyl groups excluding tert-OH is 1. The van der Waals surface area contributed by atoms with Crippen molar-refractivity contribution in [2.45, 2.75) is 24.1 Å². The summed E-state index contributed by atoms with van der Waals surface area (Å²) in [5.74, 6) is -0.757. The first kappa shape index (κ1) is 30.4. The zero-order valence-corrected chi connectivity index (χ0v) is 24.6. The number of esters is 1. The highest BCUT2D eigenvalue weighted by Gasteiger charge is 2.34. The van der Waals surface area contributed by atoms with Gasteiger partial charge in [-0.1, -0.05) is 28.7 Å². The van der Waals surface area contributed by atoms with Gasteiger partial charge in [-0.25, -0.2) is 19.6 Å². The van der Waals surface area contributed by atoms with Gasteiger partial charge in [-0.05, 0) is 37.6 Å². The Morgan fingerprint density at radius 3 is 2.61 bits per heavy atom. The van der Waals surface area contributed by atoms with Gasteiger partial charge in [-0.3, -0.25) is 10.1 Å². The molecule has 1 atom stereocenters. The third kappa shape index (κ3) is 6.51. The van der Waals surface area contributed by atoms with Crippen molar-refractivity contribution in [2.24, 2.45) is 0 Å². The number of anilines is 1. The van der Waals surface area contributed by atoms with Crippen LogP contribution in [0, 0.1) is 0 Å². The Morgan fingerprint density at radius 1 is 1.22 bits per heavy atom.